The number of nitrogens with zero attached hydrogens (tertiary/aromatic N) is 3. The lowest BCUT2D eigenvalue weighted by molar-refractivity contribution is 0.131. The van der Waals surface area contributed by atoms with E-state index in [1.807, 2.05) is 0 Å². The van der Waals surface area contributed by atoms with Crippen LogP contribution in [-0.2, 0) is 9.47 Å². The largest absolute Gasteiger partial charge is 0.479 e. The maximum atomic E-state index is 9.22. The molecule has 8 nitrogen and oxygen atoms in total. The van der Waals surface area contributed by atoms with Crippen LogP contribution >= 0.6 is 0 Å². The lowest BCUT2D eigenvalue weighted by Gasteiger charge is -2.06. The van der Waals surface area contributed by atoms with Crippen LogP contribution in [0.15, 0.2) is 0 Å². The number of hydrogen-bond acceptors (Lipinski definition) is 8. The topological polar surface area (TPSA) is 95.8 Å². The third kappa shape index (κ3) is 5.27. The standard InChI is InChI=1S/C9H15N3O5/c1-14-3-5-16-8-10-7(13)11-9(12-8)17-6-4-15-2/h3-6H2,1-2H3,(H,10,11,12,13). The molecule has 0 bridgehead atoms. The maximum Gasteiger partial charge on any atom is 0.325 e. The van der Waals surface area contributed by atoms with Crippen molar-refractivity contribution in [1.29, 1.82) is 0 Å². The number of methoxy groups -OCH3 is 2. The summed E-state index contributed by atoms with van der Waals surface area (Å²) in [5, 5.41) is 9.22. The zero-order chi connectivity index (χ0) is 12.5. The smallest absolute Gasteiger partial charge is 0.325 e. The highest BCUT2D eigenvalue weighted by Crippen LogP contribution is 2.12. The minimum atomic E-state index is -0.458. The summed E-state index contributed by atoms with van der Waals surface area (Å²) in [5.41, 5.74) is 0. The molecule has 0 aliphatic rings. The summed E-state index contributed by atoms with van der Waals surface area (Å²) in [5.74, 6) is 0. The fourth-order valence-corrected chi connectivity index (χ4v) is 0.890. The fourth-order valence-electron chi connectivity index (χ4n) is 0.890. The highest BCUT2D eigenvalue weighted by molar-refractivity contribution is 5.07. The van der Waals surface area contributed by atoms with Gasteiger partial charge in [-0.15, -0.1) is 15.0 Å². The molecule has 1 aromatic rings. The molecular formula is C9H15N3O5. The van der Waals surface area contributed by atoms with Gasteiger partial charge in [0.1, 0.15) is 13.2 Å². The first-order valence-electron chi connectivity index (χ1n) is 4.94. The van der Waals surface area contributed by atoms with E-state index in [-0.39, 0.29) is 25.2 Å². The Balaban J connectivity index is 2.53. The molecule has 8 heteroatoms. The summed E-state index contributed by atoms with van der Waals surface area (Å²) >= 11 is 0. The fraction of sp³-hybridized carbons (Fsp3) is 0.667. The van der Waals surface area contributed by atoms with E-state index in [9.17, 15) is 5.11 Å². The quantitative estimate of drug-likeness (QED) is 0.619. The van der Waals surface area contributed by atoms with Crippen LogP contribution in [-0.4, -0.2) is 60.7 Å². The number of hydrogen-bond donors (Lipinski definition) is 1. The van der Waals surface area contributed by atoms with Gasteiger partial charge in [-0.2, -0.15) is 0 Å². The van der Waals surface area contributed by atoms with Crippen LogP contribution < -0.4 is 9.47 Å². The molecule has 1 rings (SSSR count). The zero-order valence-electron chi connectivity index (χ0n) is 9.75. The first-order valence-corrected chi connectivity index (χ1v) is 4.94. The van der Waals surface area contributed by atoms with Crippen LogP contribution in [0.2, 0.25) is 0 Å². The van der Waals surface area contributed by atoms with Crippen molar-refractivity contribution < 1.29 is 24.1 Å². The summed E-state index contributed by atoms with van der Waals surface area (Å²) in [4.78, 5) is 11.0. The third-order valence-electron chi connectivity index (χ3n) is 1.62. The Morgan fingerprint density at radius 3 is 1.71 bits per heavy atom. The van der Waals surface area contributed by atoms with E-state index >= 15 is 0 Å². The molecule has 0 aromatic carbocycles. The van der Waals surface area contributed by atoms with E-state index in [1.54, 1.807) is 14.2 Å². The van der Waals surface area contributed by atoms with Crippen molar-refractivity contribution in [3.63, 3.8) is 0 Å². The summed E-state index contributed by atoms with van der Waals surface area (Å²) < 4.78 is 19.8. The lowest BCUT2D eigenvalue weighted by Crippen LogP contribution is -2.10. The van der Waals surface area contributed by atoms with Gasteiger partial charge >= 0.3 is 18.0 Å². The molecule has 96 valence electrons. The molecule has 0 aliphatic carbocycles. The lowest BCUT2D eigenvalue weighted by atomic mass is 10.7. The molecule has 0 saturated heterocycles. The van der Waals surface area contributed by atoms with E-state index < -0.39 is 6.01 Å². The van der Waals surface area contributed by atoms with Crippen LogP contribution in [0.25, 0.3) is 0 Å². The van der Waals surface area contributed by atoms with Gasteiger partial charge in [-0.1, -0.05) is 0 Å². The van der Waals surface area contributed by atoms with Gasteiger partial charge in [-0.3, -0.25) is 0 Å². The Morgan fingerprint density at radius 1 is 0.824 bits per heavy atom. The maximum absolute atomic E-state index is 9.22. The molecule has 1 heterocycles. The summed E-state index contributed by atoms with van der Waals surface area (Å²) in [6.07, 6.45) is 0. The summed E-state index contributed by atoms with van der Waals surface area (Å²) in [6, 6.07) is -0.483. The molecular weight excluding hydrogens is 230 g/mol. The summed E-state index contributed by atoms with van der Waals surface area (Å²) in [6.45, 7) is 1.34. The van der Waals surface area contributed by atoms with Crippen LogP contribution in [0.1, 0.15) is 0 Å². The van der Waals surface area contributed by atoms with Crippen molar-refractivity contribution in [2.45, 2.75) is 0 Å². The van der Waals surface area contributed by atoms with Gasteiger partial charge in [-0.05, 0) is 0 Å². The monoisotopic (exact) mass is 245 g/mol. The van der Waals surface area contributed by atoms with Crippen molar-refractivity contribution in [2.75, 3.05) is 40.6 Å². The van der Waals surface area contributed by atoms with E-state index in [0.717, 1.165) is 0 Å². The van der Waals surface area contributed by atoms with Crippen LogP contribution in [0.5, 0.6) is 18.0 Å². The predicted molar refractivity (Wildman–Crippen MR) is 56.2 cm³/mol. The average Bonchev–Trinajstić information content (AvgIpc) is 2.29. The van der Waals surface area contributed by atoms with Crippen molar-refractivity contribution in [3.05, 3.63) is 0 Å². The summed E-state index contributed by atoms with van der Waals surface area (Å²) in [7, 11) is 3.10. The second-order valence-corrected chi connectivity index (χ2v) is 2.88. The van der Waals surface area contributed by atoms with Gasteiger partial charge in [0, 0.05) is 14.2 Å². The van der Waals surface area contributed by atoms with Gasteiger partial charge in [0.2, 0.25) is 0 Å². The third-order valence-corrected chi connectivity index (χ3v) is 1.62. The second-order valence-electron chi connectivity index (χ2n) is 2.88. The van der Waals surface area contributed by atoms with Crippen LogP contribution in [0.3, 0.4) is 0 Å². The number of rotatable bonds is 8. The molecule has 1 aromatic heterocycles. The minimum Gasteiger partial charge on any atom is -0.479 e. The van der Waals surface area contributed by atoms with Crippen molar-refractivity contribution in [3.8, 4) is 18.0 Å². The van der Waals surface area contributed by atoms with Gasteiger partial charge in [0.25, 0.3) is 0 Å². The van der Waals surface area contributed by atoms with Crippen molar-refractivity contribution >= 4 is 0 Å². The molecule has 0 saturated carbocycles. The molecule has 0 atom stereocenters. The number of ether oxygens (including phenoxy) is 4. The molecule has 0 fully saturated rings. The normalized spacial score (nSPS) is 10.2. The molecule has 0 unspecified atom stereocenters. The SMILES string of the molecule is COCCOc1nc(O)nc(OCCOC)n1. The van der Waals surface area contributed by atoms with Crippen molar-refractivity contribution in [1.82, 2.24) is 15.0 Å². The molecule has 17 heavy (non-hydrogen) atoms. The molecule has 0 amide bonds. The van der Waals surface area contributed by atoms with E-state index in [2.05, 4.69) is 15.0 Å². The predicted octanol–water partition coefficient (Wildman–Crippen LogP) is -0.372. The Labute approximate surface area is 98.5 Å². The minimum absolute atomic E-state index is 0.0121. The van der Waals surface area contributed by atoms with Crippen molar-refractivity contribution in [2.24, 2.45) is 0 Å². The molecule has 1 N–H and O–H groups in total. The van der Waals surface area contributed by atoms with Gasteiger partial charge in [-0.25, -0.2) is 0 Å². The molecule has 0 spiro atoms. The average molecular weight is 245 g/mol. The number of aromatic nitrogens is 3. The van der Waals surface area contributed by atoms with E-state index in [0.29, 0.717) is 13.2 Å². The Bertz CT molecular complexity index is 308. The Kier molecular flexibility index (Phi) is 5.97. The van der Waals surface area contributed by atoms with Gasteiger partial charge in [0.05, 0.1) is 13.2 Å². The molecule has 0 aliphatic heterocycles. The van der Waals surface area contributed by atoms with Crippen LogP contribution in [0, 0.1) is 0 Å². The second kappa shape index (κ2) is 7.58. The Morgan fingerprint density at radius 2 is 1.29 bits per heavy atom. The van der Waals surface area contributed by atoms with Gasteiger partial charge < -0.3 is 24.1 Å². The van der Waals surface area contributed by atoms with Crippen LogP contribution in [0.4, 0.5) is 0 Å². The highest BCUT2D eigenvalue weighted by Gasteiger charge is 2.07. The number of aromatic hydroxyl groups is 1. The highest BCUT2D eigenvalue weighted by atomic mass is 16.5. The van der Waals surface area contributed by atoms with E-state index in [4.69, 9.17) is 18.9 Å². The van der Waals surface area contributed by atoms with E-state index in [1.165, 1.54) is 0 Å². The first-order chi connectivity index (χ1) is 8.26. The zero-order valence-corrected chi connectivity index (χ0v) is 9.75. The Hall–Kier alpha value is -1.67. The van der Waals surface area contributed by atoms with Gasteiger partial charge in [0.15, 0.2) is 0 Å². The molecule has 0 radical (unpaired) electrons. The first kappa shape index (κ1) is 13.4.